The van der Waals surface area contributed by atoms with Crippen LogP contribution in [0.1, 0.15) is 24.7 Å². The number of benzene rings is 1. The molecular weight excluding hydrogens is 410 g/mol. The molecule has 0 aliphatic heterocycles. The largest absolute Gasteiger partial charge is 0.493 e. The molecule has 0 radical (unpaired) electrons. The maximum absolute atomic E-state index is 11.7. The lowest BCUT2D eigenvalue weighted by Gasteiger charge is -2.12. The summed E-state index contributed by atoms with van der Waals surface area (Å²) < 4.78 is 6.72. The van der Waals surface area contributed by atoms with Gasteiger partial charge in [0, 0.05) is 26.3 Å². The molecular formula is C21H29N9O2. The van der Waals surface area contributed by atoms with Gasteiger partial charge in [0.2, 0.25) is 23.6 Å². The van der Waals surface area contributed by atoms with Crippen LogP contribution in [0.3, 0.4) is 0 Å². The molecule has 0 unspecified atom stereocenters. The summed E-state index contributed by atoms with van der Waals surface area (Å²) in [5.41, 5.74) is 8.06. The predicted molar refractivity (Wildman–Crippen MR) is 124 cm³/mol. The Bertz CT molecular complexity index is 1090. The molecule has 2 aromatic heterocycles. The zero-order valence-corrected chi connectivity index (χ0v) is 18.8. The highest BCUT2D eigenvalue weighted by Crippen LogP contribution is 2.15. The fraction of sp³-hybridized carbons (Fsp3) is 0.381. The van der Waals surface area contributed by atoms with Gasteiger partial charge in [-0.25, -0.2) is 0 Å². The van der Waals surface area contributed by atoms with E-state index in [1.165, 1.54) is 4.52 Å². The number of nitrogens with one attached hydrogen (secondary N) is 2. The van der Waals surface area contributed by atoms with E-state index in [1.54, 1.807) is 26.1 Å². The van der Waals surface area contributed by atoms with Crippen molar-refractivity contribution in [2.75, 3.05) is 50.7 Å². The molecule has 0 aliphatic rings. The van der Waals surface area contributed by atoms with Crippen molar-refractivity contribution in [3.63, 3.8) is 0 Å². The molecule has 2 heterocycles. The Morgan fingerprint density at radius 2 is 1.94 bits per heavy atom. The van der Waals surface area contributed by atoms with Gasteiger partial charge in [-0.1, -0.05) is 19.1 Å². The van der Waals surface area contributed by atoms with Crippen LogP contribution in [0, 0.1) is 0 Å². The first-order valence-electron chi connectivity index (χ1n) is 10.3. The van der Waals surface area contributed by atoms with Gasteiger partial charge >= 0.3 is 0 Å². The number of likely N-dealkylation sites (N-methyl/N-ethyl adjacent to an activating group) is 1. The fourth-order valence-corrected chi connectivity index (χ4v) is 2.88. The molecule has 1 aromatic carbocycles. The first-order valence-corrected chi connectivity index (χ1v) is 10.3. The third-order valence-electron chi connectivity index (χ3n) is 4.66. The van der Waals surface area contributed by atoms with Crippen molar-refractivity contribution in [1.82, 2.24) is 29.5 Å². The summed E-state index contributed by atoms with van der Waals surface area (Å²) >= 11 is 0. The minimum absolute atomic E-state index is 0.0224. The molecule has 0 fully saturated rings. The number of nitrogen functional groups attached to an aromatic ring is 1. The van der Waals surface area contributed by atoms with Crippen molar-refractivity contribution in [3.8, 4) is 0 Å². The zero-order chi connectivity index (χ0) is 23.1. The van der Waals surface area contributed by atoms with E-state index in [0.29, 0.717) is 29.9 Å². The summed E-state index contributed by atoms with van der Waals surface area (Å²) in [6.07, 6.45) is 3.44. The van der Waals surface area contributed by atoms with Crippen LogP contribution in [0.2, 0.25) is 0 Å². The monoisotopic (exact) mass is 439 g/mol. The molecule has 0 saturated heterocycles. The smallest absolute Gasteiger partial charge is 0.259 e. The number of carbonyl (C=O) groups excluding carboxylic acids is 1. The second kappa shape index (κ2) is 10.4. The minimum atomic E-state index is 0.0224. The van der Waals surface area contributed by atoms with Crippen LogP contribution in [0.4, 0.5) is 17.6 Å². The Balaban J connectivity index is 1.59. The van der Waals surface area contributed by atoms with Crippen LogP contribution >= 0.6 is 0 Å². The number of nitrogens with zero attached hydrogens (tertiary/aromatic N) is 6. The van der Waals surface area contributed by atoms with Gasteiger partial charge in [-0.15, -0.1) is 5.10 Å². The van der Waals surface area contributed by atoms with Crippen molar-refractivity contribution in [1.29, 1.82) is 0 Å². The van der Waals surface area contributed by atoms with Crippen molar-refractivity contribution in [3.05, 3.63) is 41.7 Å². The van der Waals surface area contributed by atoms with Crippen molar-refractivity contribution >= 4 is 35.0 Å². The molecule has 3 aromatic rings. The SMILES string of the molecule is CC/C=C(\OC)c1nc2nc(NCCc3ccc(NCC(=O)N(C)C)cc3)nc(N)n2n1. The number of rotatable bonds is 10. The number of aromatic nitrogens is 5. The highest BCUT2D eigenvalue weighted by Gasteiger charge is 2.14. The number of anilines is 3. The number of hydrogen-bond acceptors (Lipinski definition) is 9. The number of nitrogens with two attached hydrogens (primary N) is 1. The lowest BCUT2D eigenvalue weighted by atomic mass is 10.1. The second-order valence-electron chi connectivity index (χ2n) is 7.25. The van der Waals surface area contributed by atoms with E-state index in [1.807, 2.05) is 37.3 Å². The lowest BCUT2D eigenvalue weighted by molar-refractivity contribution is -0.126. The van der Waals surface area contributed by atoms with E-state index in [9.17, 15) is 4.79 Å². The summed E-state index contributed by atoms with van der Waals surface area (Å²) in [4.78, 5) is 26.3. The Morgan fingerprint density at radius 1 is 1.19 bits per heavy atom. The van der Waals surface area contributed by atoms with Crippen LogP contribution in [0.15, 0.2) is 30.3 Å². The van der Waals surface area contributed by atoms with E-state index in [0.717, 1.165) is 24.1 Å². The number of allylic oxidation sites excluding steroid dienone is 1. The fourth-order valence-electron chi connectivity index (χ4n) is 2.88. The summed E-state index contributed by atoms with van der Waals surface area (Å²) in [7, 11) is 5.04. The van der Waals surface area contributed by atoms with Gasteiger partial charge in [0.25, 0.3) is 5.78 Å². The van der Waals surface area contributed by atoms with E-state index in [2.05, 4.69) is 30.7 Å². The topological polar surface area (TPSA) is 136 Å². The first kappa shape index (κ1) is 22.8. The Labute approximate surface area is 186 Å². The van der Waals surface area contributed by atoms with Crippen LogP contribution in [0.25, 0.3) is 11.5 Å². The van der Waals surface area contributed by atoms with Gasteiger partial charge in [0.05, 0.1) is 13.7 Å². The molecule has 11 nitrogen and oxygen atoms in total. The van der Waals surface area contributed by atoms with Crippen LogP contribution in [-0.2, 0) is 16.0 Å². The molecule has 4 N–H and O–H groups in total. The standard InChI is InChI=1S/C21H29N9O2/c1-5-6-16(32-4)18-25-21-27-20(26-19(22)30(21)28-18)23-12-11-14-7-9-15(10-8-14)24-13-17(31)29(2)3/h6-10,24H,5,11-13H2,1-4H3,(H3,22,23,25,26,27,28)/b16-6-. The molecule has 170 valence electrons. The van der Waals surface area contributed by atoms with Crippen molar-refractivity contribution in [2.45, 2.75) is 19.8 Å². The lowest BCUT2D eigenvalue weighted by Crippen LogP contribution is -2.28. The minimum Gasteiger partial charge on any atom is -0.493 e. The molecule has 3 rings (SSSR count). The van der Waals surface area contributed by atoms with Gasteiger partial charge in [0.1, 0.15) is 0 Å². The Kier molecular flexibility index (Phi) is 7.42. The van der Waals surface area contributed by atoms with E-state index in [4.69, 9.17) is 10.5 Å². The predicted octanol–water partition coefficient (Wildman–Crippen LogP) is 1.65. The highest BCUT2D eigenvalue weighted by atomic mass is 16.5. The number of fused-ring (bicyclic) bond motifs is 1. The van der Waals surface area contributed by atoms with E-state index >= 15 is 0 Å². The van der Waals surface area contributed by atoms with Crippen molar-refractivity contribution < 1.29 is 9.53 Å². The average Bonchev–Trinajstić information content (AvgIpc) is 3.21. The van der Waals surface area contributed by atoms with Gasteiger partial charge in [-0.2, -0.15) is 19.5 Å². The van der Waals surface area contributed by atoms with Crippen LogP contribution in [0.5, 0.6) is 0 Å². The number of carbonyl (C=O) groups is 1. The second-order valence-corrected chi connectivity index (χ2v) is 7.25. The Hall–Kier alpha value is -3.89. The number of ether oxygens (including phenoxy) is 1. The maximum atomic E-state index is 11.7. The average molecular weight is 440 g/mol. The van der Waals surface area contributed by atoms with E-state index in [-0.39, 0.29) is 18.4 Å². The quantitative estimate of drug-likeness (QED) is 0.403. The summed E-state index contributed by atoms with van der Waals surface area (Å²) in [5, 5.41) is 10.6. The maximum Gasteiger partial charge on any atom is 0.259 e. The van der Waals surface area contributed by atoms with Crippen molar-refractivity contribution in [2.24, 2.45) is 0 Å². The molecule has 0 atom stereocenters. The van der Waals surface area contributed by atoms with E-state index < -0.39 is 0 Å². The third-order valence-corrected chi connectivity index (χ3v) is 4.66. The van der Waals surface area contributed by atoms with Gasteiger partial charge in [-0.05, 0) is 36.6 Å². The Morgan fingerprint density at radius 3 is 2.59 bits per heavy atom. The number of methoxy groups -OCH3 is 1. The highest BCUT2D eigenvalue weighted by molar-refractivity contribution is 5.80. The summed E-state index contributed by atoms with van der Waals surface area (Å²) in [6, 6.07) is 7.93. The summed E-state index contributed by atoms with van der Waals surface area (Å²) in [6.45, 7) is 2.88. The molecule has 32 heavy (non-hydrogen) atoms. The zero-order valence-electron chi connectivity index (χ0n) is 18.8. The molecule has 1 amide bonds. The van der Waals surface area contributed by atoms with Crippen LogP contribution in [-0.4, -0.2) is 69.7 Å². The number of amides is 1. The molecule has 0 saturated carbocycles. The third kappa shape index (κ3) is 5.62. The molecule has 0 bridgehead atoms. The van der Waals surface area contributed by atoms with Gasteiger partial charge in [0.15, 0.2) is 5.76 Å². The van der Waals surface area contributed by atoms with Gasteiger partial charge < -0.3 is 26.0 Å². The van der Waals surface area contributed by atoms with Crippen LogP contribution < -0.4 is 16.4 Å². The normalized spacial score (nSPS) is 11.4. The van der Waals surface area contributed by atoms with Gasteiger partial charge in [-0.3, -0.25) is 4.79 Å². The number of hydrogen-bond donors (Lipinski definition) is 3. The first-order chi connectivity index (χ1) is 15.4. The molecule has 0 aliphatic carbocycles. The molecule has 0 spiro atoms. The molecule has 11 heteroatoms. The summed E-state index contributed by atoms with van der Waals surface area (Å²) in [5.74, 6) is 1.91.